The summed E-state index contributed by atoms with van der Waals surface area (Å²) in [6, 6.07) is 0.531. The maximum absolute atomic E-state index is 12.0. The normalized spacial score (nSPS) is 23.6. The second kappa shape index (κ2) is 6.36. The van der Waals surface area contributed by atoms with Gasteiger partial charge in [-0.15, -0.1) is 0 Å². The summed E-state index contributed by atoms with van der Waals surface area (Å²) in [6.07, 6.45) is 3.41. The Labute approximate surface area is 86.4 Å². The molecule has 0 N–H and O–H groups in total. The standard InChI is InChI=1S/C11H22FNO/c1-10(2)14-9-11-5-3-7-13(11)8-4-6-12/h10-11H,3-9H2,1-2H3. The molecule has 1 aliphatic heterocycles. The van der Waals surface area contributed by atoms with Gasteiger partial charge in [-0.1, -0.05) is 0 Å². The molecule has 0 aromatic carbocycles. The van der Waals surface area contributed by atoms with Crippen molar-refractivity contribution in [3.05, 3.63) is 0 Å². The molecule has 1 fully saturated rings. The second-order valence-corrected chi connectivity index (χ2v) is 4.26. The monoisotopic (exact) mass is 203 g/mol. The predicted octanol–water partition coefficient (Wildman–Crippen LogP) is 2.24. The molecule has 0 aromatic rings. The Morgan fingerprint density at radius 3 is 2.93 bits per heavy atom. The summed E-state index contributed by atoms with van der Waals surface area (Å²) in [5, 5.41) is 0. The highest BCUT2D eigenvalue weighted by Gasteiger charge is 2.24. The van der Waals surface area contributed by atoms with Gasteiger partial charge in [0.2, 0.25) is 0 Å². The van der Waals surface area contributed by atoms with Gasteiger partial charge in [-0.3, -0.25) is 9.29 Å². The van der Waals surface area contributed by atoms with Crippen LogP contribution in [0, 0.1) is 0 Å². The van der Waals surface area contributed by atoms with Crippen molar-refractivity contribution in [3.63, 3.8) is 0 Å². The third-order valence-corrected chi connectivity index (χ3v) is 2.70. The van der Waals surface area contributed by atoms with E-state index in [2.05, 4.69) is 18.7 Å². The average Bonchev–Trinajstić information content (AvgIpc) is 2.58. The van der Waals surface area contributed by atoms with E-state index in [1.807, 2.05) is 0 Å². The number of ether oxygens (including phenoxy) is 1. The second-order valence-electron chi connectivity index (χ2n) is 4.26. The number of halogens is 1. The molecule has 84 valence electrons. The number of likely N-dealkylation sites (tertiary alicyclic amines) is 1. The number of hydrogen-bond donors (Lipinski definition) is 0. The zero-order valence-electron chi connectivity index (χ0n) is 9.34. The Morgan fingerprint density at radius 2 is 2.29 bits per heavy atom. The summed E-state index contributed by atoms with van der Waals surface area (Å²) in [5.74, 6) is 0. The Kier molecular flexibility index (Phi) is 5.41. The zero-order valence-corrected chi connectivity index (χ0v) is 9.34. The molecule has 14 heavy (non-hydrogen) atoms. The molecule has 1 rings (SSSR count). The van der Waals surface area contributed by atoms with E-state index in [-0.39, 0.29) is 6.67 Å². The highest BCUT2D eigenvalue weighted by molar-refractivity contribution is 4.78. The van der Waals surface area contributed by atoms with Crippen LogP contribution in [-0.2, 0) is 4.74 Å². The molecule has 1 saturated heterocycles. The number of rotatable bonds is 6. The molecule has 3 heteroatoms. The number of alkyl halides is 1. The summed E-state index contributed by atoms with van der Waals surface area (Å²) in [5.41, 5.74) is 0. The van der Waals surface area contributed by atoms with E-state index in [1.165, 1.54) is 12.8 Å². The molecule has 0 aromatic heterocycles. The molecule has 0 saturated carbocycles. The smallest absolute Gasteiger partial charge is 0.0906 e. The molecule has 0 amide bonds. The molecule has 1 heterocycles. The van der Waals surface area contributed by atoms with Crippen molar-refractivity contribution < 1.29 is 9.13 Å². The van der Waals surface area contributed by atoms with Gasteiger partial charge in [0.05, 0.1) is 19.4 Å². The minimum absolute atomic E-state index is 0.200. The van der Waals surface area contributed by atoms with Gasteiger partial charge in [-0.05, 0) is 39.7 Å². The molecule has 1 unspecified atom stereocenters. The van der Waals surface area contributed by atoms with Crippen LogP contribution in [-0.4, -0.2) is 43.4 Å². The van der Waals surface area contributed by atoms with Crippen molar-refractivity contribution >= 4 is 0 Å². The van der Waals surface area contributed by atoms with Crippen molar-refractivity contribution in [2.24, 2.45) is 0 Å². The van der Waals surface area contributed by atoms with Crippen LogP contribution in [0.2, 0.25) is 0 Å². The lowest BCUT2D eigenvalue weighted by molar-refractivity contribution is 0.0367. The summed E-state index contributed by atoms with van der Waals surface area (Å²) in [4.78, 5) is 2.36. The fraction of sp³-hybridized carbons (Fsp3) is 1.00. The minimum Gasteiger partial charge on any atom is -0.377 e. The van der Waals surface area contributed by atoms with Crippen LogP contribution in [0.15, 0.2) is 0 Å². The molecule has 0 bridgehead atoms. The van der Waals surface area contributed by atoms with E-state index in [4.69, 9.17) is 4.74 Å². The fourth-order valence-corrected chi connectivity index (χ4v) is 1.94. The summed E-state index contributed by atoms with van der Waals surface area (Å²) in [7, 11) is 0. The van der Waals surface area contributed by atoms with Gasteiger partial charge in [0.25, 0.3) is 0 Å². The minimum atomic E-state index is -0.200. The van der Waals surface area contributed by atoms with Crippen molar-refractivity contribution in [2.75, 3.05) is 26.4 Å². The van der Waals surface area contributed by atoms with Gasteiger partial charge in [0.15, 0.2) is 0 Å². The summed E-state index contributed by atoms with van der Waals surface area (Å²) >= 11 is 0. The van der Waals surface area contributed by atoms with Crippen LogP contribution in [0.5, 0.6) is 0 Å². The quantitative estimate of drug-likeness (QED) is 0.656. The van der Waals surface area contributed by atoms with Gasteiger partial charge >= 0.3 is 0 Å². The van der Waals surface area contributed by atoms with E-state index < -0.39 is 0 Å². The SMILES string of the molecule is CC(C)OCC1CCCN1CCCF. The van der Waals surface area contributed by atoms with Gasteiger partial charge in [-0.25, -0.2) is 0 Å². The Bertz CT molecular complexity index is 152. The fourth-order valence-electron chi connectivity index (χ4n) is 1.94. The molecule has 2 nitrogen and oxygen atoms in total. The molecule has 0 radical (unpaired) electrons. The zero-order chi connectivity index (χ0) is 10.4. The van der Waals surface area contributed by atoms with Crippen LogP contribution in [0.4, 0.5) is 4.39 Å². The molecule has 1 atom stereocenters. The van der Waals surface area contributed by atoms with Gasteiger partial charge in [0, 0.05) is 12.6 Å². The molecule has 1 aliphatic rings. The predicted molar refractivity (Wildman–Crippen MR) is 56.3 cm³/mol. The average molecular weight is 203 g/mol. The third kappa shape index (κ3) is 3.93. The van der Waals surface area contributed by atoms with Crippen LogP contribution in [0.3, 0.4) is 0 Å². The Balaban J connectivity index is 2.21. The maximum Gasteiger partial charge on any atom is 0.0906 e. The van der Waals surface area contributed by atoms with Crippen molar-refractivity contribution in [1.82, 2.24) is 4.90 Å². The van der Waals surface area contributed by atoms with Crippen molar-refractivity contribution in [2.45, 2.75) is 45.3 Å². The van der Waals surface area contributed by atoms with Crippen LogP contribution < -0.4 is 0 Å². The van der Waals surface area contributed by atoms with Crippen LogP contribution >= 0.6 is 0 Å². The summed E-state index contributed by atoms with van der Waals surface area (Å²) in [6.45, 7) is 6.73. The first kappa shape index (κ1) is 11.9. The van der Waals surface area contributed by atoms with E-state index in [1.54, 1.807) is 0 Å². The largest absolute Gasteiger partial charge is 0.377 e. The van der Waals surface area contributed by atoms with Crippen molar-refractivity contribution in [3.8, 4) is 0 Å². The van der Waals surface area contributed by atoms with E-state index in [0.717, 1.165) is 19.7 Å². The van der Waals surface area contributed by atoms with Gasteiger partial charge in [-0.2, -0.15) is 0 Å². The lowest BCUT2D eigenvalue weighted by Gasteiger charge is -2.24. The Morgan fingerprint density at radius 1 is 1.50 bits per heavy atom. The number of hydrogen-bond acceptors (Lipinski definition) is 2. The summed E-state index contributed by atoms with van der Waals surface area (Å²) < 4.78 is 17.6. The highest BCUT2D eigenvalue weighted by Crippen LogP contribution is 2.18. The first-order valence-corrected chi connectivity index (χ1v) is 5.65. The van der Waals surface area contributed by atoms with Crippen LogP contribution in [0.1, 0.15) is 33.1 Å². The Hall–Kier alpha value is -0.150. The topological polar surface area (TPSA) is 12.5 Å². The third-order valence-electron chi connectivity index (χ3n) is 2.70. The first-order chi connectivity index (χ1) is 6.74. The molecular weight excluding hydrogens is 181 g/mol. The van der Waals surface area contributed by atoms with E-state index in [0.29, 0.717) is 18.6 Å². The van der Waals surface area contributed by atoms with Crippen LogP contribution in [0.25, 0.3) is 0 Å². The van der Waals surface area contributed by atoms with Gasteiger partial charge in [0.1, 0.15) is 0 Å². The molecular formula is C11H22FNO. The lowest BCUT2D eigenvalue weighted by Crippen LogP contribution is -2.34. The van der Waals surface area contributed by atoms with Gasteiger partial charge < -0.3 is 4.74 Å². The lowest BCUT2D eigenvalue weighted by atomic mass is 10.2. The van der Waals surface area contributed by atoms with Crippen molar-refractivity contribution in [1.29, 1.82) is 0 Å². The van der Waals surface area contributed by atoms with E-state index in [9.17, 15) is 4.39 Å². The highest BCUT2D eigenvalue weighted by atomic mass is 19.1. The number of nitrogens with zero attached hydrogens (tertiary/aromatic N) is 1. The van der Waals surface area contributed by atoms with E-state index >= 15 is 0 Å². The molecule has 0 spiro atoms. The first-order valence-electron chi connectivity index (χ1n) is 5.65. The maximum atomic E-state index is 12.0. The molecule has 0 aliphatic carbocycles.